The standard InChI is InChI=1S/C26H23FN2O5S/c1-3-4-12-33-25(31)18-8-10-20(11-9-18)34-26(32)22-16(2)21-23(35-22)28-15-29(24(21)30)14-17-6-5-7-19(27)13-17/h5-11,13,15H,3-4,12,14H2,1-2H3. The molecule has 0 N–H and O–H groups in total. The van der Waals surface area contributed by atoms with E-state index in [9.17, 15) is 18.8 Å². The van der Waals surface area contributed by atoms with Crippen LogP contribution in [0.1, 0.15) is 50.9 Å². The van der Waals surface area contributed by atoms with E-state index in [4.69, 9.17) is 9.47 Å². The molecule has 0 amide bonds. The van der Waals surface area contributed by atoms with Gasteiger partial charge in [-0.05, 0) is 60.9 Å². The van der Waals surface area contributed by atoms with Gasteiger partial charge in [0.05, 0.1) is 30.4 Å². The fraction of sp³-hybridized carbons (Fsp3) is 0.231. The average molecular weight is 495 g/mol. The molecule has 0 aliphatic rings. The van der Waals surface area contributed by atoms with Gasteiger partial charge in [-0.1, -0.05) is 25.5 Å². The van der Waals surface area contributed by atoms with Crippen LogP contribution in [0.15, 0.2) is 59.7 Å². The summed E-state index contributed by atoms with van der Waals surface area (Å²) in [5.74, 6) is -1.19. The fourth-order valence-corrected chi connectivity index (χ4v) is 4.52. The maximum Gasteiger partial charge on any atom is 0.354 e. The van der Waals surface area contributed by atoms with Crippen LogP contribution in [0.2, 0.25) is 0 Å². The highest BCUT2D eigenvalue weighted by Gasteiger charge is 2.21. The van der Waals surface area contributed by atoms with Gasteiger partial charge in [-0.3, -0.25) is 9.36 Å². The normalized spacial score (nSPS) is 10.9. The summed E-state index contributed by atoms with van der Waals surface area (Å²) in [4.78, 5) is 42.9. The van der Waals surface area contributed by atoms with E-state index in [-0.39, 0.29) is 28.5 Å². The molecule has 4 aromatic rings. The molecule has 0 bridgehead atoms. The van der Waals surface area contributed by atoms with Crippen LogP contribution >= 0.6 is 11.3 Å². The summed E-state index contributed by atoms with van der Waals surface area (Å²) >= 11 is 1.07. The lowest BCUT2D eigenvalue weighted by atomic mass is 10.2. The van der Waals surface area contributed by atoms with Crippen LogP contribution in [-0.4, -0.2) is 28.1 Å². The summed E-state index contributed by atoms with van der Waals surface area (Å²) in [6.45, 7) is 4.19. The van der Waals surface area contributed by atoms with Crippen molar-refractivity contribution in [3.05, 3.63) is 92.6 Å². The summed E-state index contributed by atoms with van der Waals surface area (Å²) in [6.07, 6.45) is 3.11. The van der Waals surface area contributed by atoms with Crippen LogP contribution < -0.4 is 10.3 Å². The average Bonchev–Trinajstić information content (AvgIpc) is 3.18. The van der Waals surface area contributed by atoms with E-state index in [0.717, 1.165) is 24.2 Å². The van der Waals surface area contributed by atoms with Crippen molar-refractivity contribution in [2.75, 3.05) is 6.61 Å². The van der Waals surface area contributed by atoms with E-state index >= 15 is 0 Å². The van der Waals surface area contributed by atoms with Gasteiger partial charge >= 0.3 is 11.9 Å². The van der Waals surface area contributed by atoms with E-state index in [1.165, 1.54) is 47.3 Å². The molecule has 2 aromatic carbocycles. The highest BCUT2D eigenvalue weighted by molar-refractivity contribution is 7.20. The first-order chi connectivity index (χ1) is 16.9. The molecular formula is C26H23FN2O5S. The Morgan fingerprint density at radius 2 is 1.89 bits per heavy atom. The van der Waals surface area contributed by atoms with Gasteiger partial charge in [-0.2, -0.15) is 0 Å². The smallest absolute Gasteiger partial charge is 0.354 e. The molecule has 0 saturated heterocycles. The Balaban J connectivity index is 1.52. The Morgan fingerprint density at radius 3 is 2.60 bits per heavy atom. The molecule has 0 aliphatic heterocycles. The Hall–Kier alpha value is -3.85. The van der Waals surface area contributed by atoms with Crippen LogP contribution in [0, 0.1) is 12.7 Å². The lowest BCUT2D eigenvalue weighted by molar-refractivity contribution is 0.0499. The number of unbranched alkanes of at least 4 members (excludes halogenated alkanes) is 1. The zero-order chi connectivity index (χ0) is 24.9. The van der Waals surface area contributed by atoms with Gasteiger partial charge in [0.15, 0.2) is 0 Å². The van der Waals surface area contributed by atoms with Crippen molar-refractivity contribution in [2.24, 2.45) is 0 Å². The molecule has 9 heteroatoms. The van der Waals surface area contributed by atoms with Crippen molar-refractivity contribution < 1.29 is 23.5 Å². The highest BCUT2D eigenvalue weighted by Crippen LogP contribution is 2.28. The zero-order valence-corrected chi connectivity index (χ0v) is 20.1. The van der Waals surface area contributed by atoms with Gasteiger partial charge in [0.25, 0.3) is 5.56 Å². The second-order valence-electron chi connectivity index (χ2n) is 7.95. The van der Waals surface area contributed by atoms with Gasteiger partial charge in [0, 0.05) is 0 Å². The predicted octanol–water partition coefficient (Wildman–Crippen LogP) is 5.13. The number of aryl methyl sites for hydroxylation is 1. The number of carbonyl (C=O) groups is 2. The third-order valence-corrected chi connectivity index (χ3v) is 6.56. The molecule has 0 spiro atoms. The number of benzene rings is 2. The number of hydrogen-bond acceptors (Lipinski definition) is 7. The van der Waals surface area contributed by atoms with Crippen molar-refractivity contribution in [3.8, 4) is 5.75 Å². The number of fused-ring (bicyclic) bond motifs is 1. The summed E-state index contributed by atoms with van der Waals surface area (Å²) in [5.41, 5.74) is 1.13. The summed E-state index contributed by atoms with van der Waals surface area (Å²) in [6, 6.07) is 12.1. The number of esters is 2. The molecule has 0 saturated carbocycles. The first-order valence-electron chi connectivity index (χ1n) is 11.1. The molecule has 2 heterocycles. The summed E-state index contributed by atoms with van der Waals surface area (Å²) in [7, 11) is 0. The molecular weight excluding hydrogens is 471 g/mol. The van der Waals surface area contributed by atoms with Gasteiger partial charge < -0.3 is 9.47 Å². The zero-order valence-electron chi connectivity index (χ0n) is 19.2. The van der Waals surface area contributed by atoms with Crippen molar-refractivity contribution >= 4 is 33.5 Å². The summed E-state index contributed by atoms with van der Waals surface area (Å²) < 4.78 is 25.5. The van der Waals surface area contributed by atoms with Gasteiger partial charge in [-0.25, -0.2) is 19.0 Å². The number of rotatable bonds is 8. The van der Waals surface area contributed by atoms with Crippen molar-refractivity contribution in [2.45, 2.75) is 33.2 Å². The van der Waals surface area contributed by atoms with E-state index in [1.54, 1.807) is 19.1 Å². The maximum atomic E-state index is 13.5. The third-order valence-electron chi connectivity index (χ3n) is 5.38. The minimum atomic E-state index is -0.625. The van der Waals surface area contributed by atoms with E-state index in [2.05, 4.69) is 4.98 Å². The Bertz CT molecular complexity index is 1440. The SMILES string of the molecule is CCCCOC(=O)c1ccc(OC(=O)c2sc3ncn(Cc4cccc(F)c4)c(=O)c3c2C)cc1. The number of aromatic nitrogens is 2. The van der Waals surface area contributed by atoms with Gasteiger partial charge in [0.2, 0.25) is 0 Å². The molecule has 2 aromatic heterocycles. The molecule has 0 atom stereocenters. The molecule has 7 nitrogen and oxygen atoms in total. The topological polar surface area (TPSA) is 87.5 Å². The van der Waals surface area contributed by atoms with E-state index in [0.29, 0.717) is 33.5 Å². The second-order valence-corrected chi connectivity index (χ2v) is 8.95. The lowest BCUT2D eigenvalue weighted by Gasteiger charge is -2.06. The Kier molecular flexibility index (Phi) is 7.36. The number of hydrogen-bond donors (Lipinski definition) is 0. The monoisotopic (exact) mass is 494 g/mol. The van der Waals surface area contributed by atoms with Crippen LogP contribution in [0.5, 0.6) is 5.75 Å². The molecule has 35 heavy (non-hydrogen) atoms. The largest absolute Gasteiger partial charge is 0.462 e. The summed E-state index contributed by atoms with van der Waals surface area (Å²) in [5, 5.41) is 0.325. The number of nitrogens with zero attached hydrogens (tertiary/aromatic N) is 2. The predicted molar refractivity (Wildman–Crippen MR) is 131 cm³/mol. The molecule has 4 rings (SSSR count). The van der Waals surface area contributed by atoms with Crippen LogP contribution in [0.3, 0.4) is 0 Å². The Labute approximate surface area is 204 Å². The molecule has 0 aliphatic carbocycles. The number of carbonyl (C=O) groups excluding carboxylic acids is 2. The van der Waals surface area contributed by atoms with E-state index in [1.807, 2.05) is 6.92 Å². The Morgan fingerprint density at radius 1 is 1.11 bits per heavy atom. The maximum absolute atomic E-state index is 13.5. The minimum absolute atomic E-state index is 0.155. The van der Waals surface area contributed by atoms with Gasteiger partial charge in [0.1, 0.15) is 21.3 Å². The quantitative estimate of drug-likeness (QED) is 0.192. The molecule has 0 radical (unpaired) electrons. The number of ether oxygens (including phenoxy) is 2. The second kappa shape index (κ2) is 10.6. The van der Waals surface area contributed by atoms with Crippen LogP contribution in [-0.2, 0) is 11.3 Å². The highest BCUT2D eigenvalue weighted by atomic mass is 32.1. The molecule has 180 valence electrons. The minimum Gasteiger partial charge on any atom is -0.462 e. The first-order valence-corrected chi connectivity index (χ1v) is 11.9. The number of halogens is 1. The van der Waals surface area contributed by atoms with Gasteiger partial charge in [-0.15, -0.1) is 11.3 Å². The fourth-order valence-electron chi connectivity index (χ4n) is 3.50. The molecule has 0 unspecified atom stereocenters. The van der Waals surface area contributed by atoms with Crippen LogP contribution in [0.25, 0.3) is 10.2 Å². The van der Waals surface area contributed by atoms with Crippen molar-refractivity contribution in [3.63, 3.8) is 0 Å². The van der Waals surface area contributed by atoms with Crippen molar-refractivity contribution in [1.29, 1.82) is 0 Å². The molecule has 0 fully saturated rings. The first kappa shape index (κ1) is 24.3. The lowest BCUT2D eigenvalue weighted by Crippen LogP contribution is -2.21. The number of thiophene rings is 1. The van der Waals surface area contributed by atoms with E-state index < -0.39 is 11.9 Å². The van der Waals surface area contributed by atoms with Crippen molar-refractivity contribution in [1.82, 2.24) is 9.55 Å². The third kappa shape index (κ3) is 5.46. The van der Waals surface area contributed by atoms with Crippen LogP contribution in [0.4, 0.5) is 4.39 Å².